The van der Waals surface area contributed by atoms with Crippen LogP contribution in [0.4, 0.5) is 0 Å². The Hall–Kier alpha value is -0.0800. The summed E-state index contributed by atoms with van der Waals surface area (Å²) in [5, 5.41) is 8.59. The monoisotopic (exact) mass is 115 g/mol. The summed E-state index contributed by atoms with van der Waals surface area (Å²) in [6.45, 7) is 2.25. The normalized spacial score (nSPS) is 27.4. The predicted octanol–water partition coefficient (Wildman–Crippen LogP) is 0.106. The highest BCUT2D eigenvalue weighted by Gasteiger charge is 2.42. The van der Waals surface area contributed by atoms with Crippen LogP contribution in [0.3, 0.4) is 0 Å². The van der Waals surface area contributed by atoms with Gasteiger partial charge in [-0.05, 0) is 18.3 Å². The maximum Gasteiger partial charge on any atom is 0.0587 e. The Morgan fingerprint density at radius 3 is 2.38 bits per heavy atom. The number of nitrogens with two attached hydrogens (primary N) is 1. The Labute approximate surface area is 49.7 Å². The molecule has 0 bridgehead atoms. The minimum atomic E-state index is 0.0162. The predicted molar refractivity (Wildman–Crippen MR) is 32.4 cm³/mol. The molecule has 1 saturated carbocycles. The van der Waals surface area contributed by atoms with Crippen LogP contribution in [0.2, 0.25) is 0 Å². The van der Waals surface area contributed by atoms with Gasteiger partial charge in [-0.15, -0.1) is 0 Å². The number of aliphatic hydroxyl groups excluding tert-OH is 1. The van der Waals surface area contributed by atoms with Crippen LogP contribution in [0.5, 0.6) is 0 Å². The van der Waals surface area contributed by atoms with E-state index in [1.807, 2.05) is 0 Å². The molecule has 1 aliphatic rings. The lowest BCUT2D eigenvalue weighted by Gasteiger charge is -2.14. The molecule has 0 amide bonds. The van der Waals surface area contributed by atoms with Crippen LogP contribution < -0.4 is 5.73 Å². The maximum absolute atomic E-state index is 8.59. The molecule has 48 valence electrons. The third-order valence-electron chi connectivity index (χ3n) is 2.13. The molecule has 0 aliphatic heterocycles. The van der Waals surface area contributed by atoms with Gasteiger partial charge in [-0.1, -0.05) is 6.92 Å². The van der Waals surface area contributed by atoms with Crippen LogP contribution in [0, 0.1) is 5.41 Å². The first-order valence-electron chi connectivity index (χ1n) is 3.05. The van der Waals surface area contributed by atoms with Gasteiger partial charge in [0.1, 0.15) is 0 Å². The smallest absolute Gasteiger partial charge is 0.0587 e. The lowest BCUT2D eigenvalue weighted by molar-refractivity contribution is 0.224. The molecule has 0 spiro atoms. The van der Waals surface area contributed by atoms with E-state index in [0.29, 0.717) is 0 Å². The number of rotatable bonds is 2. The van der Waals surface area contributed by atoms with Gasteiger partial charge in [0.15, 0.2) is 0 Å². The van der Waals surface area contributed by atoms with Gasteiger partial charge in [0.25, 0.3) is 0 Å². The van der Waals surface area contributed by atoms with Crippen LogP contribution in [-0.2, 0) is 0 Å². The Kier molecular flexibility index (Phi) is 1.29. The molecule has 0 saturated heterocycles. The van der Waals surface area contributed by atoms with E-state index in [9.17, 15) is 0 Å². The average molecular weight is 115 g/mol. The molecular weight excluding hydrogens is 102 g/mol. The van der Waals surface area contributed by atoms with E-state index in [1.54, 1.807) is 0 Å². The minimum Gasteiger partial charge on any atom is -0.395 e. The molecule has 1 fully saturated rings. The molecule has 0 radical (unpaired) electrons. The van der Waals surface area contributed by atoms with Crippen molar-refractivity contribution in [3.05, 3.63) is 0 Å². The zero-order valence-electron chi connectivity index (χ0n) is 5.22. The summed E-state index contributed by atoms with van der Waals surface area (Å²) in [5.74, 6) is 0. The molecule has 0 heterocycles. The van der Waals surface area contributed by atoms with Gasteiger partial charge in [0.2, 0.25) is 0 Å². The van der Waals surface area contributed by atoms with Gasteiger partial charge >= 0.3 is 0 Å². The standard InChI is InChI=1S/C6H13NO/c1-6(2-3-6)5(7)4-8/h5,8H,2-4,7H2,1H3/t5-/m0/s1. The highest BCUT2D eigenvalue weighted by Crippen LogP contribution is 2.46. The van der Waals surface area contributed by atoms with Gasteiger partial charge < -0.3 is 10.8 Å². The lowest BCUT2D eigenvalue weighted by Crippen LogP contribution is -2.33. The van der Waals surface area contributed by atoms with E-state index in [0.717, 1.165) is 0 Å². The van der Waals surface area contributed by atoms with E-state index in [4.69, 9.17) is 10.8 Å². The molecule has 0 aromatic heterocycles. The number of hydrogen-bond acceptors (Lipinski definition) is 2. The Morgan fingerprint density at radius 2 is 2.25 bits per heavy atom. The maximum atomic E-state index is 8.59. The quantitative estimate of drug-likeness (QED) is 0.536. The fourth-order valence-corrected chi connectivity index (χ4v) is 0.788. The zero-order valence-corrected chi connectivity index (χ0v) is 5.22. The van der Waals surface area contributed by atoms with E-state index in [2.05, 4.69) is 6.92 Å². The van der Waals surface area contributed by atoms with E-state index < -0.39 is 0 Å². The van der Waals surface area contributed by atoms with E-state index >= 15 is 0 Å². The summed E-state index contributed by atoms with van der Waals surface area (Å²) in [6, 6.07) is 0.0162. The second kappa shape index (κ2) is 1.71. The molecule has 0 unspecified atom stereocenters. The Bertz CT molecular complexity index is 88.5. The summed E-state index contributed by atoms with van der Waals surface area (Å²) in [4.78, 5) is 0. The third kappa shape index (κ3) is 0.858. The van der Waals surface area contributed by atoms with Gasteiger partial charge in [-0.2, -0.15) is 0 Å². The lowest BCUT2D eigenvalue weighted by atomic mass is 10.0. The highest BCUT2D eigenvalue weighted by molar-refractivity contribution is 4.96. The average Bonchev–Trinajstić information content (AvgIpc) is 2.47. The largest absolute Gasteiger partial charge is 0.395 e. The minimum absolute atomic E-state index is 0.0162. The Balaban J connectivity index is 2.34. The summed E-state index contributed by atoms with van der Waals surface area (Å²) >= 11 is 0. The summed E-state index contributed by atoms with van der Waals surface area (Å²) in [7, 11) is 0. The van der Waals surface area contributed by atoms with Crippen LogP contribution in [0.1, 0.15) is 19.8 Å². The fourth-order valence-electron chi connectivity index (χ4n) is 0.788. The molecular formula is C6H13NO. The molecule has 0 aromatic carbocycles. The summed E-state index contributed by atoms with van der Waals surface area (Å²) < 4.78 is 0. The first-order chi connectivity index (χ1) is 3.69. The summed E-state index contributed by atoms with van der Waals surface area (Å²) in [6.07, 6.45) is 2.38. The van der Waals surface area contributed by atoms with Crippen LogP contribution in [-0.4, -0.2) is 17.8 Å². The van der Waals surface area contributed by atoms with Gasteiger partial charge in [-0.3, -0.25) is 0 Å². The van der Waals surface area contributed by atoms with Crippen molar-refractivity contribution < 1.29 is 5.11 Å². The summed E-state index contributed by atoms with van der Waals surface area (Å²) in [5.41, 5.74) is 5.85. The van der Waals surface area contributed by atoms with E-state index in [1.165, 1.54) is 12.8 Å². The van der Waals surface area contributed by atoms with Crippen molar-refractivity contribution in [1.82, 2.24) is 0 Å². The number of aliphatic hydroxyl groups is 1. The van der Waals surface area contributed by atoms with Crippen molar-refractivity contribution in [2.45, 2.75) is 25.8 Å². The van der Waals surface area contributed by atoms with Crippen molar-refractivity contribution in [1.29, 1.82) is 0 Å². The van der Waals surface area contributed by atoms with Gasteiger partial charge in [0, 0.05) is 6.04 Å². The number of hydrogen-bond donors (Lipinski definition) is 2. The molecule has 2 heteroatoms. The van der Waals surface area contributed by atoms with Crippen LogP contribution in [0.15, 0.2) is 0 Å². The molecule has 1 rings (SSSR count). The fraction of sp³-hybridized carbons (Fsp3) is 1.00. The van der Waals surface area contributed by atoms with Crippen molar-refractivity contribution >= 4 is 0 Å². The zero-order chi connectivity index (χ0) is 6.20. The highest BCUT2D eigenvalue weighted by atomic mass is 16.3. The van der Waals surface area contributed by atoms with Gasteiger partial charge in [0.05, 0.1) is 6.61 Å². The molecule has 3 N–H and O–H groups in total. The van der Waals surface area contributed by atoms with Crippen LogP contribution >= 0.6 is 0 Å². The molecule has 2 nitrogen and oxygen atoms in total. The topological polar surface area (TPSA) is 46.2 Å². The Morgan fingerprint density at radius 1 is 1.75 bits per heavy atom. The van der Waals surface area contributed by atoms with Crippen molar-refractivity contribution in [3.63, 3.8) is 0 Å². The third-order valence-corrected chi connectivity index (χ3v) is 2.13. The molecule has 8 heavy (non-hydrogen) atoms. The van der Waals surface area contributed by atoms with E-state index in [-0.39, 0.29) is 18.1 Å². The first kappa shape index (κ1) is 6.05. The molecule has 1 atom stereocenters. The van der Waals surface area contributed by atoms with Crippen molar-refractivity contribution in [2.75, 3.05) is 6.61 Å². The van der Waals surface area contributed by atoms with Crippen LogP contribution in [0.25, 0.3) is 0 Å². The first-order valence-corrected chi connectivity index (χ1v) is 3.05. The van der Waals surface area contributed by atoms with Gasteiger partial charge in [-0.25, -0.2) is 0 Å². The SMILES string of the molecule is CC1([C@@H](N)CO)CC1. The molecule has 0 aromatic rings. The second-order valence-corrected chi connectivity index (χ2v) is 2.94. The molecule has 1 aliphatic carbocycles. The van der Waals surface area contributed by atoms with Crippen molar-refractivity contribution in [2.24, 2.45) is 11.1 Å². The van der Waals surface area contributed by atoms with Crippen molar-refractivity contribution in [3.8, 4) is 0 Å². The second-order valence-electron chi connectivity index (χ2n) is 2.94.